The highest BCUT2D eigenvalue weighted by atomic mass is 19.1. The molecule has 1 amide bonds. The number of ether oxygens (including phenoxy) is 2. The quantitative estimate of drug-likeness (QED) is 0.336. The summed E-state index contributed by atoms with van der Waals surface area (Å²) in [6.45, 7) is 3.53. The molecule has 1 aliphatic heterocycles. The number of rotatable bonds is 9. The minimum absolute atomic E-state index is 0.179. The number of benzene rings is 1. The van der Waals surface area contributed by atoms with Gasteiger partial charge in [-0.15, -0.1) is 0 Å². The standard InChI is InChI=1S/C23H28FN5O4/c1-2-20(30)29-8-6-15(7-9-29)13-33-23-27-11-17(12-28-23)18-5-3-4-16(22(18)24)14-32-21(31)10-19(25)26/h3-5,11-12,15H,2,6-10,13-14H2,1H3,(H3,25,26). The third kappa shape index (κ3) is 6.71. The second-order valence-corrected chi connectivity index (χ2v) is 7.88. The lowest BCUT2D eigenvalue weighted by atomic mass is 9.97. The van der Waals surface area contributed by atoms with Gasteiger partial charge in [-0.1, -0.05) is 25.1 Å². The average molecular weight is 458 g/mol. The number of carbonyl (C=O) groups excluding carboxylic acids is 2. The average Bonchev–Trinajstić information content (AvgIpc) is 2.82. The zero-order valence-electron chi connectivity index (χ0n) is 18.6. The summed E-state index contributed by atoms with van der Waals surface area (Å²) in [7, 11) is 0. The number of carbonyl (C=O) groups is 2. The van der Waals surface area contributed by atoms with E-state index in [9.17, 15) is 14.0 Å². The van der Waals surface area contributed by atoms with Gasteiger partial charge in [-0.05, 0) is 18.8 Å². The molecule has 1 aromatic heterocycles. The van der Waals surface area contributed by atoms with Crippen molar-refractivity contribution in [2.75, 3.05) is 19.7 Å². The van der Waals surface area contributed by atoms with Gasteiger partial charge in [-0.25, -0.2) is 14.4 Å². The van der Waals surface area contributed by atoms with Crippen molar-refractivity contribution in [3.63, 3.8) is 0 Å². The van der Waals surface area contributed by atoms with Gasteiger partial charge in [-0.2, -0.15) is 0 Å². The Morgan fingerprint density at radius 1 is 1.24 bits per heavy atom. The van der Waals surface area contributed by atoms with Crippen LogP contribution in [0, 0.1) is 17.1 Å². The van der Waals surface area contributed by atoms with Gasteiger partial charge < -0.3 is 20.1 Å². The Bertz CT molecular complexity index is 991. The zero-order chi connectivity index (χ0) is 23.8. The van der Waals surface area contributed by atoms with E-state index in [2.05, 4.69) is 9.97 Å². The fraction of sp³-hybridized carbons (Fsp3) is 0.435. The van der Waals surface area contributed by atoms with Crippen LogP contribution in [0.5, 0.6) is 6.01 Å². The zero-order valence-corrected chi connectivity index (χ0v) is 18.6. The van der Waals surface area contributed by atoms with Crippen molar-refractivity contribution in [2.24, 2.45) is 11.7 Å². The lowest BCUT2D eigenvalue weighted by Crippen LogP contribution is -2.39. The minimum atomic E-state index is -0.695. The van der Waals surface area contributed by atoms with Crippen LogP contribution in [0.3, 0.4) is 0 Å². The highest BCUT2D eigenvalue weighted by Crippen LogP contribution is 2.25. The maximum absolute atomic E-state index is 14.9. The number of halogens is 1. The molecule has 0 spiro atoms. The van der Waals surface area contributed by atoms with E-state index in [0.717, 1.165) is 25.9 Å². The Hall–Kier alpha value is -3.56. The smallest absolute Gasteiger partial charge is 0.316 e. The predicted octanol–water partition coefficient (Wildman–Crippen LogP) is 2.68. The third-order valence-electron chi connectivity index (χ3n) is 5.46. The number of aromatic nitrogens is 2. The van der Waals surface area contributed by atoms with Gasteiger partial charge in [0.2, 0.25) is 5.91 Å². The van der Waals surface area contributed by atoms with Crippen molar-refractivity contribution in [3.05, 3.63) is 42.0 Å². The van der Waals surface area contributed by atoms with Crippen LogP contribution < -0.4 is 10.5 Å². The number of nitrogens with one attached hydrogen (secondary N) is 1. The fourth-order valence-electron chi connectivity index (χ4n) is 3.57. The highest BCUT2D eigenvalue weighted by Gasteiger charge is 2.22. The molecule has 0 aliphatic carbocycles. The number of nitrogens with two attached hydrogens (primary N) is 1. The highest BCUT2D eigenvalue weighted by molar-refractivity contribution is 5.94. The molecule has 176 valence electrons. The maximum atomic E-state index is 14.9. The normalized spacial score (nSPS) is 14.1. The molecule has 1 aliphatic rings. The van der Waals surface area contributed by atoms with Gasteiger partial charge in [-0.3, -0.25) is 15.0 Å². The Morgan fingerprint density at radius 3 is 2.58 bits per heavy atom. The van der Waals surface area contributed by atoms with Crippen LogP contribution in [0.25, 0.3) is 11.1 Å². The number of likely N-dealkylation sites (tertiary alicyclic amines) is 1. The van der Waals surface area contributed by atoms with Crippen molar-refractivity contribution < 1.29 is 23.5 Å². The molecular formula is C23H28FN5O4. The minimum Gasteiger partial charge on any atom is -0.463 e. The van der Waals surface area contributed by atoms with E-state index >= 15 is 0 Å². The van der Waals surface area contributed by atoms with Crippen LogP contribution in [0.15, 0.2) is 30.6 Å². The second kappa shape index (κ2) is 11.3. The lowest BCUT2D eigenvalue weighted by molar-refractivity contribution is -0.143. The van der Waals surface area contributed by atoms with Gasteiger partial charge in [0.05, 0.1) is 6.61 Å². The Balaban J connectivity index is 1.55. The van der Waals surface area contributed by atoms with Crippen molar-refractivity contribution in [1.82, 2.24) is 14.9 Å². The Labute approximate surface area is 191 Å². The SMILES string of the molecule is CCC(=O)N1CCC(COc2ncc(-c3cccc(COC(=O)CC(=N)N)c3F)cn2)CC1. The van der Waals surface area contributed by atoms with Crippen molar-refractivity contribution in [1.29, 1.82) is 5.41 Å². The molecule has 3 N–H and O–H groups in total. The fourth-order valence-corrected chi connectivity index (χ4v) is 3.57. The molecule has 33 heavy (non-hydrogen) atoms. The van der Waals surface area contributed by atoms with Crippen LogP contribution in [0.1, 0.15) is 38.2 Å². The molecule has 0 radical (unpaired) electrons. The largest absolute Gasteiger partial charge is 0.463 e. The number of nitrogens with zero attached hydrogens (tertiary/aromatic N) is 3. The van der Waals surface area contributed by atoms with Gasteiger partial charge in [0.1, 0.15) is 24.7 Å². The number of hydrogen-bond donors (Lipinski definition) is 2. The second-order valence-electron chi connectivity index (χ2n) is 7.88. The van der Waals surface area contributed by atoms with E-state index in [0.29, 0.717) is 24.5 Å². The molecule has 10 heteroatoms. The number of amidine groups is 1. The summed E-state index contributed by atoms with van der Waals surface area (Å²) in [5, 5.41) is 7.10. The van der Waals surface area contributed by atoms with Crippen LogP contribution in [-0.4, -0.2) is 52.3 Å². The first-order valence-electron chi connectivity index (χ1n) is 10.9. The van der Waals surface area contributed by atoms with E-state index in [1.807, 2.05) is 11.8 Å². The molecule has 1 aromatic carbocycles. The van der Waals surface area contributed by atoms with Crippen LogP contribution >= 0.6 is 0 Å². The van der Waals surface area contributed by atoms with E-state index in [-0.39, 0.29) is 41.9 Å². The molecule has 3 rings (SSSR count). The van der Waals surface area contributed by atoms with E-state index in [1.54, 1.807) is 12.1 Å². The molecular weight excluding hydrogens is 429 g/mol. The summed E-state index contributed by atoms with van der Waals surface area (Å²) < 4.78 is 25.6. The molecule has 2 aromatic rings. The van der Waals surface area contributed by atoms with E-state index in [4.69, 9.17) is 20.6 Å². The topological polar surface area (TPSA) is 131 Å². The molecule has 2 heterocycles. The van der Waals surface area contributed by atoms with Gasteiger partial charge in [0.15, 0.2) is 0 Å². The monoisotopic (exact) mass is 457 g/mol. The molecule has 9 nitrogen and oxygen atoms in total. The van der Waals surface area contributed by atoms with Gasteiger partial charge in [0, 0.05) is 48.6 Å². The summed E-state index contributed by atoms with van der Waals surface area (Å²) in [5.74, 6) is -1.04. The van der Waals surface area contributed by atoms with Crippen LogP contribution in [0.4, 0.5) is 4.39 Å². The predicted molar refractivity (Wildman–Crippen MR) is 119 cm³/mol. The Morgan fingerprint density at radius 2 is 1.94 bits per heavy atom. The molecule has 1 saturated heterocycles. The molecule has 0 bridgehead atoms. The first-order valence-corrected chi connectivity index (χ1v) is 10.9. The van der Waals surface area contributed by atoms with E-state index in [1.165, 1.54) is 18.5 Å². The first-order chi connectivity index (χ1) is 15.9. The number of esters is 1. The molecule has 0 unspecified atom stereocenters. The summed E-state index contributed by atoms with van der Waals surface area (Å²) in [6, 6.07) is 4.95. The Kier molecular flexibility index (Phi) is 8.28. The molecule has 0 atom stereocenters. The lowest BCUT2D eigenvalue weighted by Gasteiger charge is -2.31. The van der Waals surface area contributed by atoms with Crippen molar-refractivity contribution >= 4 is 17.7 Å². The summed E-state index contributed by atoms with van der Waals surface area (Å²) in [6.07, 6.45) is 4.89. The maximum Gasteiger partial charge on any atom is 0.316 e. The van der Waals surface area contributed by atoms with Crippen molar-refractivity contribution in [3.8, 4) is 17.1 Å². The van der Waals surface area contributed by atoms with Crippen molar-refractivity contribution in [2.45, 2.75) is 39.2 Å². The number of amides is 1. The first kappa shape index (κ1) is 24.1. The molecule has 1 fully saturated rings. The van der Waals surface area contributed by atoms with Crippen LogP contribution in [0.2, 0.25) is 0 Å². The van der Waals surface area contributed by atoms with Gasteiger partial charge in [0.25, 0.3) is 0 Å². The van der Waals surface area contributed by atoms with E-state index < -0.39 is 11.8 Å². The molecule has 0 saturated carbocycles. The third-order valence-corrected chi connectivity index (χ3v) is 5.46. The number of piperidine rings is 1. The van der Waals surface area contributed by atoms with Crippen LogP contribution in [-0.2, 0) is 20.9 Å². The summed E-state index contributed by atoms with van der Waals surface area (Å²) in [4.78, 5) is 33.6. The summed E-state index contributed by atoms with van der Waals surface area (Å²) >= 11 is 0. The number of hydrogen-bond acceptors (Lipinski definition) is 7. The summed E-state index contributed by atoms with van der Waals surface area (Å²) in [5.41, 5.74) is 6.09. The van der Waals surface area contributed by atoms with Gasteiger partial charge >= 0.3 is 12.0 Å².